The summed E-state index contributed by atoms with van der Waals surface area (Å²) in [5, 5.41) is 33.1. The van der Waals surface area contributed by atoms with Gasteiger partial charge in [0.1, 0.15) is 12.2 Å². The average molecular weight is 442 g/mol. The summed E-state index contributed by atoms with van der Waals surface area (Å²) in [5.74, 6) is -3.90. The molecule has 31 heavy (non-hydrogen) atoms. The quantitative estimate of drug-likeness (QED) is 0.344. The van der Waals surface area contributed by atoms with E-state index >= 15 is 0 Å². The molecule has 5 rings (SSSR count). The van der Waals surface area contributed by atoms with E-state index in [1.54, 1.807) is 6.92 Å². The molecular formula is C20H26O11. The second-order valence-corrected chi connectivity index (χ2v) is 8.97. The molecule has 2 spiro atoms. The van der Waals surface area contributed by atoms with Crippen molar-refractivity contribution < 1.29 is 53.3 Å². The molecule has 0 aromatic rings. The van der Waals surface area contributed by atoms with Crippen molar-refractivity contribution in [1.82, 2.24) is 0 Å². The fourth-order valence-corrected chi connectivity index (χ4v) is 7.13. The maximum atomic E-state index is 13.4. The summed E-state index contributed by atoms with van der Waals surface area (Å²) in [6.45, 7) is 6.14. The van der Waals surface area contributed by atoms with Crippen LogP contribution in [0.1, 0.15) is 13.8 Å². The summed E-state index contributed by atoms with van der Waals surface area (Å²) in [4.78, 5) is 26.3. The van der Waals surface area contributed by atoms with Gasteiger partial charge in [-0.1, -0.05) is 12.2 Å². The Balaban J connectivity index is 1.92. The molecule has 5 fully saturated rings. The number of rotatable bonds is 3. The molecule has 4 heterocycles. The van der Waals surface area contributed by atoms with Gasteiger partial charge in [0.05, 0.1) is 29.5 Å². The van der Waals surface area contributed by atoms with Crippen LogP contribution in [0.4, 0.5) is 0 Å². The zero-order valence-corrected chi connectivity index (χ0v) is 17.3. The lowest BCUT2D eigenvalue weighted by atomic mass is 9.50. The van der Waals surface area contributed by atoms with E-state index in [-0.39, 0.29) is 6.79 Å². The van der Waals surface area contributed by atoms with Gasteiger partial charge in [0.25, 0.3) is 0 Å². The predicted octanol–water partition coefficient (Wildman–Crippen LogP) is -1.56. The molecule has 172 valence electrons. The Morgan fingerprint density at radius 1 is 1.26 bits per heavy atom. The van der Waals surface area contributed by atoms with Crippen molar-refractivity contribution in [3.05, 3.63) is 12.2 Å². The molecule has 4 aliphatic heterocycles. The minimum Gasteiger partial charge on any atom is -0.457 e. The lowest BCUT2D eigenvalue weighted by Gasteiger charge is -2.53. The third-order valence-corrected chi connectivity index (χ3v) is 7.97. The number of carbonyl (C=O) groups excluding carboxylic acids is 2. The SMILES string of the molecule is C=C(C)[C@@H]1[C@@H](O)C2OC(=O)C34OC5OCO[C@H](OC)C51C23[C@@H](O)C(CO)OC(=O)[C@H]4C. The molecule has 11 heteroatoms. The van der Waals surface area contributed by atoms with Crippen molar-refractivity contribution in [3.63, 3.8) is 0 Å². The number of esters is 2. The topological polar surface area (TPSA) is 150 Å². The van der Waals surface area contributed by atoms with Crippen LogP contribution in [0.2, 0.25) is 0 Å². The molecule has 0 amide bonds. The van der Waals surface area contributed by atoms with E-state index in [1.807, 2.05) is 0 Å². The highest BCUT2D eigenvalue weighted by Gasteiger charge is 2.96. The first-order valence-electron chi connectivity index (χ1n) is 10.2. The summed E-state index contributed by atoms with van der Waals surface area (Å²) in [7, 11) is 1.38. The van der Waals surface area contributed by atoms with Crippen molar-refractivity contribution in [3.8, 4) is 0 Å². The van der Waals surface area contributed by atoms with Crippen molar-refractivity contribution in [2.75, 3.05) is 20.5 Å². The monoisotopic (exact) mass is 442 g/mol. The van der Waals surface area contributed by atoms with Crippen molar-refractivity contribution in [2.24, 2.45) is 22.7 Å². The number of hydrogen-bond donors (Lipinski definition) is 3. The lowest BCUT2D eigenvalue weighted by molar-refractivity contribution is -0.373. The molecule has 1 aliphatic carbocycles. The third-order valence-electron chi connectivity index (χ3n) is 7.97. The van der Waals surface area contributed by atoms with Crippen LogP contribution in [0, 0.1) is 22.7 Å². The van der Waals surface area contributed by atoms with Gasteiger partial charge in [-0.2, -0.15) is 0 Å². The Hall–Kier alpha value is -1.60. The number of ether oxygens (including phenoxy) is 6. The van der Waals surface area contributed by atoms with Crippen LogP contribution in [0.5, 0.6) is 0 Å². The standard InChI is InChI=1S/C20H26O11/c1-7(2)10-11(22)13-19-12(23)9(5-21)29-14(24)8(3)20(19,15(25)30-13)31-17-18(10,19)16(26-4)27-6-28-17/h8-13,16-17,21-23H,1,5-6H2,2-4H3/t8-,9?,10-,11-,12+,13?,16+,17?,18?,19?,20?/m1/s1. The normalized spacial score (nSPS) is 55.0. The fourth-order valence-electron chi connectivity index (χ4n) is 7.13. The molecule has 1 saturated carbocycles. The lowest BCUT2D eigenvalue weighted by Crippen LogP contribution is -2.69. The largest absolute Gasteiger partial charge is 0.457 e. The van der Waals surface area contributed by atoms with Gasteiger partial charge in [0.2, 0.25) is 0 Å². The maximum Gasteiger partial charge on any atom is 0.340 e. The molecule has 0 aromatic carbocycles. The molecule has 0 radical (unpaired) electrons. The Kier molecular flexibility index (Phi) is 4.44. The summed E-state index contributed by atoms with van der Waals surface area (Å²) >= 11 is 0. The number of cyclic esters (lactones) is 1. The summed E-state index contributed by atoms with van der Waals surface area (Å²) in [5.41, 5.74) is -4.94. The van der Waals surface area contributed by atoms with Gasteiger partial charge in [0.15, 0.2) is 31.1 Å². The average Bonchev–Trinajstić information content (AvgIpc) is 3.24. The van der Waals surface area contributed by atoms with Gasteiger partial charge in [0, 0.05) is 13.0 Å². The molecule has 11 atom stereocenters. The maximum absolute atomic E-state index is 13.4. The third kappa shape index (κ3) is 1.93. The van der Waals surface area contributed by atoms with Crippen LogP contribution >= 0.6 is 0 Å². The van der Waals surface area contributed by atoms with Crippen molar-refractivity contribution >= 4 is 11.9 Å². The molecular weight excluding hydrogens is 416 g/mol. The van der Waals surface area contributed by atoms with Gasteiger partial charge in [-0.15, -0.1) is 0 Å². The van der Waals surface area contributed by atoms with E-state index in [9.17, 15) is 24.9 Å². The molecule has 0 bridgehead atoms. The van der Waals surface area contributed by atoms with Crippen molar-refractivity contribution in [2.45, 2.75) is 56.4 Å². The zero-order valence-electron chi connectivity index (χ0n) is 17.3. The first kappa shape index (κ1) is 21.3. The number of carbonyl (C=O) groups is 2. The molecule has 4 saturated heterocycles. The van der Waals surface area contributed by atoms with E-state index < -0.39 is 83.8 Å². The van der Waals surface area contributed by atoms with E-state index in [4.69, 9.17) is 28.4 Å². The first-order chi connectivity index (χ1) is 14.7. The Morgan fingerprint density at radius 2 is 1.97 bits per heavy atom. The van der Waals surface area contributed by atoms with Crippen LogP contribution in [0.3, 0.4) is 0 Å². The number of methoxy groups -OCH3 is 1. The molecule has 3 N–H and O–H groups in total. The second kappa shape index (κ2) is 6.47. The minimum absolute atomic E-state index is 0.242. The molecule has 11 nitrogen and oxygen atoms in total. The van der Waals surface area contributed by atoms with Gasteiger partial charge in [-0.3, -0.25) is 4.79 Å². The predicted molar refractivity (Wildman–Crippen MR) is 96.6 cm³/mol. The Bertz CT molecular complexity index is 845. The van der Waals surface area contributed by atoms with Gasteiger partial charge < -0.3 is 43.7 Å². The van der Waals surface area contributed by atoms with E-state index in [1.165, 1.54) is 14.0 Å². The summed E-state index contributed by atoms with van der Waals surface area (Å²) in [6.07, 6.45) is -8.10. The zero-order chi connectivity index (χ0) is 22.5. The molecule has 5 aliphatic rings. The van der Waals surface area contributed by atoms with E-state index in [0.29, 0.717) is 5.57 Å². The highest BCUT2D eigenvalue weighted by molar-refractivity contribution is 5.93. The van der Waals surface area contributed by atoms with Crippen LogP contribution in [0.15, 0.2) is 12.2 Å². The van der Waals surface area contributed by atoms with Gasteiger partial charge in [-0.05, 0) is 13.8 Å². The van der Waals surface area contributed by atoms with E-state index in [0.717, 1.165) is 0 Å². The highest BCUT2D eigenvalue weighted by Crippen LogP contribution is 2.79. The van der Waals surface area contributed by atoms with Crippen LogP contribution in [-0.2, 0) is 38.0 Å². The molecule has 0 aromatic heterocycles. The Labute approximate surface area is 177 Å². The van der Waals surface area contributed by atoms with Crippen molar-refractivity contribution in [1.29, 1.82) is 0 Å². The van der Waals surface area contributed by atoms with E-state index in [2.05, 4.69) is 6.58 Å². The fraction of sp³-hybridized carbons (Fsp3) is 0.800. The van der Waals surface area contributed by atoms with Crippen LogP contribution in [0.25, 0.3) is 0 Å². The number of hydrogen-bond acceptors (Lipinski definition) is 11. The highest BCUT2D eigenvalue weighted by atomic mass is 16.8. The smallest absolute Gasteiger partial charge is 0.340 e. The number of aliphatic hydroxyl groups excluding tert-OH is 3. The minimum atomic E-state index is -2.07. The van der Waals surface area contributed by atoms with Gasteiger partial charge in [-0.25, -0.2) is 4.79 Å². The second-order valence-electron chi connectivity index (χ2n) is 8.97. The van der Waals surface area contributed by atoms with Crippen LogP contribution in [-0.4, -0.2) is 90.4 Å². The Morgan fingerprint density at radius 3 is 2.58 bits per heavy atom. The summed E-state index contributed by atoms with van der Waals surface area (Å²) in [6, 6.07) is 0. The molecule has 6 unspecified atom stereocenters. The van der Waals surface area contributed by atoms with Gasteiger partial charge >= 0.3 is 11.9 Å². The number of aliphatic hydroxyl groups is 3. The van der Waals surface area contributed by atoms with Crippen LogP contribution < -0.4 is 0 Å². The summed E-state index contributed by atoms with van der Waals surface area (Å²) < 4.78 is 34.4. The first-order valence-corrected chi connectivity index (χ1v) is 10.2.